The largest absolute Gasteiger partial charge is 0.573 e. The number of furan rings is 1. The first-order valence-electron chi connectivity index (χ1n) is 13.2. The maximum atomic E-state index is 13.5. The Kier molecular flexibility index (Phi) is 8.15. The number of amides is 2. The number of alkyl halides is 5. The van der Waals surface area contributed by atoms with Crippen LogP contribution < -0.4 is 10.1 Å². The van der Waals surface area contributed by atoms with Crippen LogP contribution in [0.3, 0.4) is 0 Å². The number of aromatic nitrogens is 1. The lowest BCUT2D eigenvalue weighted by Crippen LogP contribution is -2.42. The first kappa shape index (κ1) is 29.0. The van der Waals surface area contributed by atoms with Gasteiger partial charge in [-0.05, 0) is 59.5 Å². The Morgan fingerprint density at radius 3 is 2.43 bits per heavy atom. The van der Waals surface area contributed by atoms with Crippen LogP contribution in [0.2, 0.25) is 0 Å². The van der Waals surface area contributed by atoms with Gasteiger partial charge in [0.25, 0.3) is 11.8 Å². The normalized spacial score (nSPS) is 15.0. The van der Waals surface area contributed by atoms with Crippen LogP contribution in [0.5, 0.6) is 5.75 Å². The number of carbonyl (C=O) groups excluding carboxylic acids is 2. The second-order valence-corrected chi connectivity index (χ2v) is 10.0. The minimum Gasteiger partial charge on any atom is -0.455 e. The van der Waals surface area contributed by atoms with Crippen molar-refractivity contribution < 1.29 is 40.7 Å². The monoisotopic (exact) mass is 587 g/mol. The number of piperidine rings is 1. The summed E-state index contributed by atoms with van der Waals surface area (Å²) in [4.78, 5) is 30.4. The van der Waals surface area contributed by atoms with Crippen molar-refractivity contribution in [3.63, 3.8) is 0 Å². The summed E-state index contributed by atoms with van der Waals surface area (Å²) >= 11 is 0. The van der Waals surface area contributed by atoms with Gasteiger partial charge in [0.2, 0.25) is 5.91 Å². The number of hydrogen-bond acceptors (Lipinski definition) is 5. The van der Waals surface area contributed by atoms with Crippen molar-refractivity contribution in [1.82, 2.24) is 15.2 Å². The maximum absolute atomic E-state index is 13.5. The number of carbonyl (C=O) groups is 2. The number of halogens is 5. The highest BCUT2D eigenvalue weighted by molar-refractivity contribution is 5.95. The molecule has 0 radical (unpaired) electrons. The van der Waals surface area contributed by atoms with Crippen molar-refractivity contribution in [2.24, 2.45) is 0 Å². The van der Waals surface area contributed by atoms with Gasteiger partial charge in [-0.1, -0.05) is 18.2 Å². The van der Waals surface area contributed by atoms with E-state index in [1.165, 1.54) is 29.2 Å². The number of rotatable bonds is 8. The molecule has 1 N–H and O–H groups in total. The van der Waals surface area contributed by atoms with E-state index in [1.54, 1.807) is 36.7 Å². The Bertz CT molecular complexity index is 1560. The maximum Gasteiger partial charge on any atom is 0.573 e. The molecule has 2 amide bonds. The summed E-state index contributed by atoms with van der Waals surface area (Å²) in [7, 11) is 0. The average molecular weight is 588 g/mol. The number of benzene rings is 2. The molecule has 4 aromatic rings. The molecule has 42 heavy (non-hydrogen) atoms. The van der Waals surface area contributed by atoms with Gasteiger partial charge in [-0.15, -0.1) is 13.2 Å². The zero-order valence-corrected chi connectivity index (χ0v) is 22.2. The van der Waals surface area contributed by atoms with E-state index >= 15 is 0 Å². The molecule has 1 aliphatic heterocycles. The zero-order chi connectivity index (χ0) is 29.9. The molecule has 1 fully saturated rings. The van der Waals surface area contributed by atoms with Gasteiger partial charge in [0, 0.05) is 55.7 Å². The van der Waals surface area contributed by atoms with Crippen LogP contribution in [0, 0.1) is 0 Å². The first-order valence-corrected chi connectivity index (χ1v) is 13.2. The summed E-state index contributed by atoms with van der Waals surface area (Å²) in [5, 5.41) is 3.02. The smallest absolute Gasteiger partial charge is 0.455 e. The number of nitrogens with one attached hydrogen (secondary N) is 1. The van der Waals surface area contributed by atoms with Crippen LogP contribution in [0.15, 0.2) is 71.4 Å². The van der Waals surface area contributed by atoms with Gasteiger partial charge in [-0.3, -0.25) is 14.6 Å². The minimum absolute atomic E-state index is 0.0411. The molecular weight excluding hydrogens is 561 g/mol. The lowest BCUT2D eigenvalue weighted by molar-refractivity contribution is -0.274. The van der Waals surface area contributed by atoms with Crippen LogP contribution in [-0.4, -0.2) is 47.1 Å². The van der Waals surface area contributed by atoms with Crippen molar-refractivity contribution in [2.75, 3.05) is 13.1 Å². The van der Waals surface area contributed by atoms with E-state index in [9.17, 15) is 31.5 Å². The zero-order valence-electron chi connectivity index (χ0n) is 22.2. The number of pyridine rings is 1. The van der Waals surface area contributed by atoms with Crippen LogP contribution in [0.25, 0.3) is 22.1 Å². The molecule has 12 heteroatoms. The second kappa shape index (κ2) is 11.8. The number of ether oxygens (including phenoxy) is 1. The van der Waals surface area contributed by atoms with E-state index < -0.39 is 36.8 Å². The van der Waals surface area contributed by atoms with E-state index in [0.29, 0.717) is 22.9 Å². The van der Waals surface area contributed by atoms with Gasteiger partial charge < -0.3 is 19.4 Å². The second-order valence-electron chi connectivity index (χ2n) is 10.0. The van der Waals surface area contributed by atoms with Crippen LogP contribution >= 0.6 is 0 Å². The van der Waals surface area contributed by atoms with Crippen LogP contribution in [0.4, 0.5) is 22.0 Å². The molecule has 0 spiro atoms. The summed E-state index contributed by atoms with van der Waals surface area (Å²) in [5.74, 6) is -3.76. The Hall–Kier alpha value is -4.48. The van der Waals surface area contributed by atoms with Crippen molar-refractivity contribution in [3.8, 4) is 16.9 Å². The van der Waals surface area contributed by atoms with Crippen LogP contribution in [-0.2, 0) is 17.8 Å². The lowest BCUT2D eigenvalue weighted by Gasteiger charge is -2.31. The fourth-order valence-corrected chi connectivity index (χ4v) is 4.73. The van der Waals surface area contributed by atoms with Crippen molar-refractivity contribution in [3.05, 3.63) is 83.9 Å². The first-order chi connectivity index (χ1) is 20.0. The average Bonchev–Trinajstić information content (AvgIpc) is 3.38. The van der Waals surface area contributed by atoms with Crippen molar-refractivity contribution in [1.29, 1.82) is 0 Å². The lowest BCUT2D eigenvalue weighted by atomic mass is 10.0. The highest BCUT2D eigenvalue weighted by Crippen LogP contribution is 2.37. The fourth-order valence-electron chi connectivity index (χ4n) is 4.73. The van der Waals surface area contributed by atoms with Crippen molar-refractivity contribution in [2.45, 2.75) is 44.5 Å². The summed E-state index contributed by atoms with van der Waals surface area (Å²) in [6.45, 7) is -0.160. The minimum atomic E-state index is -4.99. The summed E-state index contributed by atoms with van der Waals surface area (Å²) in [5.41, 5.74) is 1.90. The standard InChI is InChI=1S/C30H26F5N3O4/c31-29(32)9-12-38(13-10-29)28(40)21-6-4-20(5-7-21)22-14-23-15-24(41-27(23)25(16-22)42-30(33,34)35)18-37-26(39)8-3-19-2-1-11-36-17-19/h1-2,4-7,11,14-17H,3,8-10,12-13,18H2,(H,37,39). The molecule has 220 valence electrons. The Morgan fingerprint density at radius 1 is 1.02 bits per heavy atom. The van der Waals surface area contributed by atoms with Gasteiger partial charge in [-0.2, -0.15) is 0 Å². The molecular formula is C30H26F5N3O4. The van der Waals surface area contributed by atoms with E-state index in [-0.39, 0.29) is 48.9 Å². The third kappa shape index (κ3) is 7.23. The molecule has 7 nitrogen and oxygen atoms in total. The fraction of sp³-hybridized carbons (Fsp3) is 0.300. The number of hydrogen-bond donors (Lipinski definition) is 1. The number of aryl methyl sites for hydroxylation is 1. The summed E-state index contributed by atoms with van der Waals surface area (Å²) in [6, 6.07) is 14.1. The molecule has 0 bridgehead atoms. The van der Waals surface area contributed by atoms with E-state index in [0.717, 1.165) is 5.56 Å². The molecule has 0 atom stereocenters. The molecule has 1 saturated heterocycles. The third-order valence-corrected chi connectivity index (χ3v) is 6.93. The quantitative estimate of drug-likeness (QED) is 0.238. The van der Waals surface area contributed by atoms with Gasteiger partial charge >= 0.3 is 6.36 Å². The van der Waals surface area contributed by atoms with E-state index in [4.69, 9.17) is 4.42 Å². The topological polar surface area (TPSA) is 84.7 Å². The third-order valence-electron chi connectivity index (χ3n) is 6.93. The molecule has 0 unspecified atom stereocenters. The summed E-state index contributed by atoms with van der Waals surface area (Å²) < 4.78 is 76.5. The Morgan fingerprint density at radius 2 is 1.76 bits per heavy atom. The number of fused-ring (bicyclic) bond motifs is 1. The van der Waals surface area contributed by atoms with Gasteiger partial charge in [-0.25, -0.2) is 8.78 Å². The summed E-state index contributed by atoms with van der Waals surface area (Å²) in [6.07, 6.45) is -1.82. The molecule has 1 aliphatic rings. The molecule has 0 aliphatic carbocycles. The molecule has 0 saturated carbocycles. The highest BCUT2D eigenvalue weighted by atomic mass is 19.4. The van der Waals surface area contributed by atoms with Crippen molar-refractivity contribution >= 4 is 22.8 Å². The number of nitrogens with zero attached hydrogens (tertiary/aromatic N) is 2. The predicted molar refractivity (Wildman–Crippen MR) is 143 cm³/mol. The number of likely N-dealkylation sites (tertiary alicyclic amines) is 1. The van der Waals surface area contributed by atoms with Gasteiger partial charge in [0.05, 0.1) is 6.54 Å². The molecule has 3 heterocycles. The molecule has 2 aromatic carbocycles. The van der Waals surface area contributed by atoms with E-state index in [2.05, 4.69) is 15.0 Å². The highest BCUT2D eigenvalue weighted by Gasteiger charge is 2.36. The van der Waals surface area contributed by atoms with E-state index in [1.807, 2.05) is 6.07 Å². The predicted octanol–water partition coefficient (Wildman–Crippen LogP) is 6.51. The molecule has 2 aromatic heterocycles. The SMILES string of the molecule is O=C(CCc1cccnc1)NCc1cc2cc(-c3ccc(C(=O)N4CCC(F)(F)CC4)cc3)cc(OC(F)(F)F)c2o1. The van der Waals surface area contributed by atoms with Crippen LogP contribution in [0.1, 0.15) is 40.9 Å². The Balaban J connectivity index is 1.32. The Labute approximate surface area is 237 Å². The van der Waals surface area contributed by atoms with Gasteiger partial charge in [0.15, 0.2) is 11.3 Å². The molecule has 5 rings (SSSR count). The van der Waals surface area contributed by atoms with Gasteiger partial charge in [0.1, 0.15) is 5.76 Å².